The number of aryl methyl sites for hydroxylation is 2. The van der Waals surface area contributed by atoms with E-state index in [-0.39, 0.29) is 6.42 Å². The van der Waals surface area contributed by atoms with Crippen molar-refractivity contribution in [1.29, 1.82) is 0 Å². The highest BCUT2D eigenvalue weighted by molar-refractivity contribution is 5.72. The van der Waals surface area contributed by atoms with Crippen molar-refractivity contribution < 1.29 is 15.0 Å². The largest absolute Gasteiger partial charge is 0.479 e. The third-order valence-corrected chi connectivity index (χ3v) is 2.29. The third kappa shape index (κ3) is 2.57. The molecule has 0 saturated carbocycles. The summed E-state index contributed by atoms with van der Waals surface area (Å²) < 4.78 is 0. The van der Waals surface area contributed by atoms with Gasteiger partial charge in [0.05, 0.1) is 0 Å². The van der Waals surface area contributed by atoms with Crippen LogP contribution in [0, 0.1) is 13.8 Å². The first-order valence-corrected chi connectivity index (χ1v) is 4.47. The number of carbonyl (C=O) groups is 1. The van der Waals surface area contributed by atoms with Crippen LogP contribution in [-0.4, -0.2) is 22.3 Å². The highest BCUT2D eigenvalue weighted by Crippen LogP contribution is 2.11. The normalized spacial score (nSPS) is 12.5. The van der Waals surface area contributed by atoms with Crippen molar-refractivity contribution in [3.63, 3.8) is 0 Å². The summed E-state index contributed by atoms with van der Waals surface area (Å²) in [4.78, 5) is 10.4. The first-order chi connectivity index (χ1) is 6.50. The minimum absolute atomic E-state index is 0.163. The Bertz CT molecular complexity index is 344. The summed E-state index contributed by atoms with van der Waals surface area (Å²) in [6.07, 6.45) is -1.15. The second-order valence-electron chi connectivity index (χ2n) is 3.48. The van der Waals surface area contributed by atoms with E-state index in [1.165, 1.54) is 5.56 Å². The summed E-state index contributed by atoms with van der Waals surface area (Å²) in [5.41, 5.74) is 3.13. The fraction of sp³-hybridized carbons (Fsp3) is 0.364. The predicted molar refractivity (Wildman–Crippen MR) is 53.3 cm³/mol. The Balaban J connectivity index is 2.78. The monoisotopic (exact) mass is 194 g/mol. The van der Waals surface area contributed by atoms with Crippen LogP contribution in [0.2, 0.25) is 0 Å². The molecule has 0 aliphatic carbocycles. The van der Waals surface area contributed by atoms with Crippen LogP contribution in [0.4, 0.5) is 0 Å². The Labute approximate surface area is 83.0 Å². The van der Waals surface area contributed by atoms with Crippen LogP contribution < -0.4 is 0 Å². The van der Waals surface area contributed by atoms with Gasteiger partial charge < -0.3 is 10.2 Å². The number of rotatable bonds is 3. The molecule has 0 spiro atoms. The summed E-state index contributed by atoms with van der Waals surface area (Å²) >= 11 is 0. The zero-order valence-corrected chi connectivity index (χ0v) is 8.32. The molecule has 0 amide bonds. The molecule has 14 heavy (non-hydrogen) atoms. The number of aliphatic hydroxyl groups excluding tert-OH is 1. The quantitative estimate of drug-likeness (QED) is 0.762. The van der Waals surface area contributed by atoms with Gasteiger partial charge in [-0.05, 0) is 30.5 Å². The van der Waals surface area contributed by atoms with Crippen LogP contribution in [0.15, 0.2) is 18.2 Å². The molecule has 1 aromatic carbocycles. The van der Waals surface area contributed by atoms with E-state index in [1.807, 2.05) is 32.0 Å². The molecule has 0 aromatic heterocycles. The molecule has 2 N–H and O–H groups in total. The van der Waals surface area contributed by atoms with Crippen LogP contribution in [0.1, 0.15) is 16.7 Å². The van der Waals surface area contributed by atoms with Gasteiger partial charge in [0.2, 0.25) is 0 Å². The maximum Gasteiger partial charge on any atom is 0.332 e. The summed E-state index contributed by atoms with van der Waals surface area (Å²) in [7, 11) is 0. The molecular formula is C11H14O3. The van der Waals surface area contributed by atoms with E-state index in [1.54, 1.807) is 0 Å². The van der Waals surface area contributed by atoms with Crippen molar-refractivity contribution in [2.24, 2.45) is 0 Å². The Morgan fingerprint density at radius 3 is 2.50 bits per heavy atom. The van der Waals surface area contributed by atoms with Gasteiger partial charge in [0.25, 0.3) is 0 Å². The zero-order chi connectivity index (χ0) is 10.7. The van der Waals surface area contributed by atoms with Crippen LogP contribution in [0.5, 0.6) is 0 Å². The fourth-order valence-electron chi connectivity index (χ4n) is 1.24. The van der Waals surface area contributed by atoms with Crippen molar-refractivity contribution in [3.8, 4) is 0 Å². The average molecular weight is 194 g/mol. The molecule has 0 fully saturated rings. The summed E-state index contributed by atoms with van der Waals surface area (Å²) in [6.45, 7) is 3.96. The van der Waals surface area contributed by atoms with Gasteiger partial charge in [0.1, 0.15) is 0 Å². The van der Waals surface area contributed by atoms with Gasteiger partial charge in [-0.15, -0.1) is 0 Å². The van der Waals surface area contributed by atoms with Crippen molar-refractivity contribution in [2.45, 2.75) is 26.4 Å². The van der Waals surface area contributed by atoms with Gasteiger partial charge in [-0.3, -0.25) is 0 Å². The molecule has 0 heterocycles. The number of aliphatic carboxylic acids is 1. The van der Waals surface area contributed by atoms with Gasteiger partial charge >= 0.3 is 5.97 Å². The maximum absolute atomic E-state index is 10.4. The van der Waals surface area contributed by atoms with Crippen molar-refractivity contribution in [2.75, 3.05) is 0 Å². The third-order valence-electron chi connectivity index (χ3n) is 2.29. The van der Waals surface area contributed by atoms with Gasteiger partial charge in [0, 0.05) is 6.42 Å². The lowest BCUT2D eigenvalue weighted by atomic mass is 10.0. The molecule has 0 bridgehead atoms. The second-order valence-corrected chi connectivity index (χ2v) is 3.48. The predicted octanol–water partition coefficient (Wildman–Crippen LogP) is 1.29. The summed E-state index contributed by atoms with van der Waals surface area (Å²) in [6, 6.07) is 5.68. The number of carboxylic acids is 1. The Morgan fingerprint density at radius 2 is 2.00 bits per heavy atom. The van der Waals surface area contributed by atoms with Crippen molar-refractivity contribution in [3.05, 3.63) is 34.9 Å². The first kappa shape index (κ1) is 10.7. The van der Waals surface area contributed by atoms with Gasteiger partial charge in [-0.25, -0.2) is 4.79 Å². The second kappa shape index (κ2) is 4.24. The Kier molecular flexibility index (Phi) is 3.25. The highest BCUT2D eigenvalue weighted by Gasteiger charge is 2.13. The van der Waals surface area contributed by atoms with Gasteiger partial charge in [0.15, 0.2) is 6.10 Å². The molecule has 0 aliphatic heterocycles. The van der Waals surface area contributed by atoms with Crippen LogP contribution >= 0.6 is 0 Å². The van der Waals surface area contributed by atoms with E-state index in [9.17, 15) is 4.79 Å². The molecule has 1 rings (SSSR count). The maximum atomic E-state index is 10.4. The number of benzene rings is 1. The Morgan fingerprint density at radius 1 is 1.36 bits per heavy atom. The number of hydrogen-bond acceptors (Lipinski definition) is 2. The molecule has 0 saturated heterocycles. The molecular weight excluding hydrogens is 180 g/mol. The van der Waals surface area contributed by atoms with E-state index in [2.05, 4.69) is 0 Å². The highest BCUT2D eigenvalue weighted by atomic mass is 16.4. The minimum Gasteiger partial charge on any atom is -0.479 e. The molecule has 1 unspecified atom stereocenters. The van der Waals surface area contributed by atoms with E-state index < -0.39 is 12.1 Å². The van der Waals surface area contributed by atoms with Gasteiger partial charge in [-0.1, -0.05) is 18.2 Å². The molecule has 0 radical (unpaired) electrons. The first-order valence-electron chi connectivity index (χ1n) is 4.47. The lowest BCUT2D eigenvalue weighted by Gasteiger charge is -2.07. The van der Waals surface area contributed by atoms with Crippen molar-refractivity contribution >= 4 is 5.97 Å². The Hall–Kier alpha value is -1.35. The minimum atomic E-state index is -1.31. The number of aliphatic hydroxyl groups is 1. The molecule has 3 nitrogen and oxygen atoms in total. The van der Waals surface area contributed by atoms with E-state index in [0.717, 1.165) is 11.1 Å². The fourth-order valence-corrected chi connectivity index (χ4v) is 1.24. The van der Waals surface area contributed by atoms with E-state index >= 15 is 0 Å². The van der Waals surface area contributed by atoms with Crippen molar-refractivity contribution in [1.82, 2.24) is 0 Å². The van der Waals surface area contributed by atoms with Crippen LogP contribution in [0.25, 0.3) is 0 Å². The van der Waals surface area contributed by atoms with E-state index in [4.69, 9.17) is 10.2 Å². The SMILES string of the molecule is Cc1ccc(CC(O)C(=O)O)cc1C. The van der Waals surface area contributed by atoms with Gasteiger partial charge in [-0.2, -0.15) is 0 Å². The topological polar surface area (TPSA) is 57.5 Å². The molecule has 3 heteroatoms. The average Bonchev–Trinajstić information content (AvgIpc) is 2.11. The molecule has 76 valence electrons. The molecule has 0 aliphatic rings. The van der Waals surface area contributed by atoms with Crippen LogP contribution in [0.3, 0.4) is 0 Å². The molecule has 1 aromatic rings. The standard InChI is InChI=1S/C11H14O3/c1-7-3-4-9(5-8(7)2)6-10(12)11(13)14/h3-5,10,12H,6H2,1-2H3,(H,13,14). The summed E-state index contributed by atoms with van der Waals surface area (Å²) in [5, 5.41) is 17.7. The molecule has 1 atom stereocenters. The lowest BCUT2D eigenvalue weighted by molar-refractivity contribution is -0.146. The summed E-state index contributed by atoms with van der Waals surface area (Å²) in [5.74, 6) is -1.18. The lowest BCUT2D eigenvalue weighted by Crippen LogP contribution is -2.21. The number of carboxylic acid groups (broad SMARTS) is 1. The van der Waals surface area contributed by atoms with Crippen LogP contribution in [-0.2, 0) is 11.2 Å². The number of hydrogen-bond donors (Lipinski definition) is 2. The van der Waals surface area contributed by atoms with E-state index in [0.29, 0.717) is 0 Å². The smallest absolute Gasteiger partial charge is 0.332 e. The zero-order valence-electron chi connectivity index (χ0n) is 8.32.